The second-order valence-corrected chi connectivity index (χ2v) is 5.96. The molecule has 0 aliphatic rings. The first kappa shape index (κ1) is 14.6. The molecule has 4 heteroatoms. The minimum absolute atomic E-state index is 0.660. The lowest BCUT2D eigenvalue weighted by Gasteiger charge is -2.09. The molecule has 0 unspecified atom stereocenters. The molecule has 0 aliphatic carbocycles. The molecule has 22 heavy (non-hydrogen) atoms. The largest absolute Gasteiger partial charge is 0.330 e. The molecule has 2 aromatic carbocycles. The van der Waals surface area contributed by atoms with Crippen LogP contribution in [0.1, 0.15) is 22.5 Å². The van der Waals surface area contributed by atoms with Crippen LogP contribution in [0.3, 0.4) is 0 Å². The van der Waals surface area contributed by atoms with E-state index < -0.39 is 0 Å². The lowest BCUT2D eigenvalue weighted by molar-refractivity contribution is 0.739. The highest BCUT2D eigenvalue weighted by atomic mass is 79.9. The van der Waals surface area contributed by atoms with Crippen molar-refractivity contribution >= 4 is 15.9 Å². The first-order valence-electron chi connectivity index (χ1n) is 6.99. The summed E-state index contributed by atoms with van der Waals surface area (Å²) in [5.41, 5.74) is 2.93. The number of halogens is 1. The molecule has 0 atom stereocenters. The van der Waals surface area contributed by atoms with Gasteiger partial charge in [0.1, 0.15) is 5.82 Å². The molecular formula is C18H14BrN3. The zero-order valence-corrected chi connectivity index (χ0v) is 13.5. The predicted molar refractivity (Wildman–Crippen MR) is 89.4 cm³/mol. The summed E-state index contributed by atoms with van der Waals surface area (Å²) in [5, 5.41) is 9.20. The number of nitriles is 1. The number of nitrogens with zero attached hydrogens (tertiary/aromatic N) is 3. The molecule has 0 N–H and O–H groups in total. The standard InChI is InChI=1S/C18H14BrN3/c19-17-7-3-4-14(10-17)11-18-21-8-9-22(18)13-16-6-2-1-5-15(16)12-20/h1-10H,11,13H2. The topological polar surface area (TPSA) is 41.6 Å². The Morgan fingerprint density at radius 2 is 2.00 bits per heavy atom. The van der Waals surface area contributed by atoms with Crippen LogP contribution < -0.4 is 0 Å². The van der Waals surface area contributed by atoms with E-state index in [9.17, 15) is 5.26 Å². The summed E-state index contributed by atoms with van der Waals surface area (Å²) in [5.74, 6) is 0.992. The molecule has 0 spiro atoms. The van der Waals surface area contributed by atoms with Crippen molar-refractivity contribution in [3.63, 3.8) is 0 Å². The number of hydrogen-bond donors (Lipinski definition) is 0. The summed E-state index contributed by atoms with van der Waals surface area (Å²) in [6.07, 6.45) is 4.53. The van der Waals surface area contributed by atoms with Gasteiger partial charge in [0.25, 0.3) is 0 Å². The Balaban J connectivity index is 1.85. The summed E-state index contributed by atoms with van der Waals surface area (Å²) in [7, 11) is 0. The van der Waals surface area contributed by atoms with Gasteiger partial charge in [-0.2, -0.15) is 5.26 Å². The quantitative estimate of drug-likeness (QED) is 0.708. The van der Waals surface area contributed by atoms with Gasteiger partial charge in [-0.3, -0.25) is 0 Å². The third kappa shape index (κ3) is 3.26. The van der Waals surface area contributed by atoms with Gasteiger partial charge >= 0.3 is 0 Å². The van der Waals surface area contributed by atoms with Gasteiger partial charge in [-0.15, -0.1) is 0 Å². The van der Waals surface area contributed by atoms with Crippen LogP contribution in [0.25, 0.3) is 0 Å². The van der Waals surface area contributed by atoms with Crippen molar-refractivity contribution in [2.24, 2.45) is 0 Å². The fraction of sp³-hybridized carbons (Fsp3) is 0.111. The minimum atomic E-state index is 0.660. The van der Waals surface area contributed by atoms with Crippen LogP contribution in [0, 0.1) is 11.3 Å². The normalized spacial score (nSPS) is 10.4. The summed E-state index contributed by atoms with van der Waals surface area (Å²) in [4.78, 5) is 4.46. The van der Waals surface area contributed by atoms with E-state index in [2.05, 4.69) is 43.7 Å². The van der Waals surface area contributed by atoms with Crippen LogP contribution in [-0.4, -0.2) is 9.55 Å². The Labute approximate surface area is 138 Å². The van der Waals surface area contributed by atoms with Crippen LogP contribution in [-0.2, 0) is 13.0 Å². The zero-order chi connectivity index (χ0) is 15.4. The van der Waals surface area contributed by atoms with E-state index in [4.69, 9.17) is 0 Å². The number of aromatic nitrogens is 2. The Morgan fingerprint density at radius 3 is 2.82 bits per heavy atom. The molecule has 0 bridgehead atoms. The van der Waals surface area contributed by atoms with E-state index in [1.165, 1.54) is 5.56 Å². The average Bonchev–Trinajstić information content (AvgIpc) is 2.95. The minimum Gasteiger partial charge on any atom is -0.330 e. The van der Waals surface area contributed by atoms with Crippen molar-refractivity contribution < 1.29 is 0 Å². The van der Waals surface area contributed by atoms with Crippen molar-refractivity contribution in [2.45, 2.75) is 13.0 Å². The molecule has 0 saturated heterocycles. The number of benzene rings is 2. The Morgan fingerprint density at radius 1 is 1.14 bits per heavy atom. The summed E-state index contributed by atoms with van der Waals surface area (Å²) in [6.45, 7) is 0.660. The van der Waals surface area contributed by atoms with Crippen LogP contribution in [0.5, 0.6) is 0 Å². The lowest BCUT2D eigenvalue weighted by Crippen LogP contribution is -2.06. The molecule has 0 amide bonds. The van der Waals surface area contributed by atoms with Crippen molar-refractivity contribution in [3.05, 3.63) is 87.9 Å². The summed E-state index contributed by atoms with van der Waals surface area (Å²) in [6, 6.07) is 18.2. The Kier molecular flexibility index (Phi) is 4.36. The summed E-state index contributed by atoms with van der Waals surface area (Å²) < 4.78 is 3.16. The highest BCUT2D eigenvalue weighted by Crippen LogP contribution is 2.16. The van der Waals surface area contributed by atoms with Crippen molar-refractivity contribution in [3.8, 4) is 6.07 Å². The molecule has 0 fully saturated rings. The van der Waals surface area contributed by atoms with E-state index >= 15 is 0 Å². The smallest absolute Gasteiger partial charge is 0.113 e. The van der Waals surface area contributed by atoms with Crippen LogP contribution in [0.4, 0.5) is 0 Å². The number of rotatable bonds is 4. The third-order valence-electron chi connectivity index (χ3n) is 3.53. The van der Waals surface area contributed by atoms with Gasteiger partial charge in [0.15, 0.2) is 0 Å². The second-order valence-electron chi connectivity index (χ2n) is 5.05. The van der Waals surface area contributed by atoms with Gasteiger partial charge in [-0.05, 0) is 29.3 Å². The molecule has 0 radical (unpaired) electrons. The van der Waals surface area contributed by atoms with E-state index in [0.717, 1.165) is 22.3 Å². The Bertz CT molecular complexity index is 830. The fourth-order valence-corrected chi connectivity index (χ4v) is 2.88. The van der Waals surface area contributed by atoms with Gasteiger partial charge in [0.05, 0.1) is 18.2 Å². The van der Waals surface area contributed by atoms with Crippen LogP contribution in [0.2, 0.25) is 0 Å². The van der Waals surface area contributed by atoms with Crippen LogP contribution in [0.15, 0.2) is 65.4 Å². The molecule has 1 aromatic heterocycles. The maximum Gasteiger partial charge on any atom is 0.113 e. The maximum atomic E-state index is 9.20. The Hall–Kier alpha value is -2.38. The SMILES string of the molecule is N#Cc1ccccc1Cn1ccnc1Cc1cccc(Br)c1. The maximum absolute atomic E-state index is 9.20. The molecular weight excluding hydrogens is 338 g/mol. The molecule has 3 nitrogen and oxygen atoms in total. The highest BCUT2D eigenvalue weighted by molar-refractivity contribution is 9.10. The molecule has 1 heterocycles. The molecule has 0 aliphatic heterocycles. The number of hydrogen-bond acceptors (Lipinski definition) is 2. The molecule has 108 valence electrons. The van der Waals surface area contributed by atoms with E-state index in [-0.39, 0.29) is 0 Å². The molecule has 3 aromatic rings. The average molecular weight is 352 g/mol. The predicted octanol–water partition coefficient (Wildman–Crippen LogP) is 4.16. The first-order chi connectivity index (χ1) is 10.8. The van der Waals surface area contributed by atoms with E-state index in [1.54, 1.807) is 0 Å². The molecule has 0 saturated carbocycles. The van der Waals surface area contributed by atoms with Gasteiger partial charge < -0.3 is 4.57 Å². The van der Waals surface area contributed by atoms with Crippen LogP contribution >= 0.6 is 15.9 Å². The molecule has 3 rings (SSSR count). The summed E-state index contributed by atoms with van der Waals surface area (Å²) >= 11 is 3.49. The monoisotopic (exact) mass is 351 g/mol. The fourth-order valence-electron chi connectivity index (χ4n) is 2.43. The van der Waals surface area contributed by atoms with Crippen molar-refractivity contribution in [1.29, 1.82) is 5.26 Å². The third-order valence-corrected chi connectivity index (χ3v) is 4.02. The first-order valence-corrected chi connectivity index (χ1v) is 7.78. The van der Waals surface area contributed by atoms with E-state index in [1.807, 2.05) is 48.8 Å². The van der Waals surface area contributed by atoms with Gasteiger partial charge in [0, 0.05) is 23.3 Å². The van der Waals surface area contributed by atoms with E-state index in [0.29, 0.717) is 12.1 Å². The highest BCUT2D eigenvalue weighted by Gasteiger charge is 2.07. The number of imidazole rings is 1. The van der Waals surface area contributed by atoms with Crippen molar-refractivity contribution in [2.75, 3.05) is 0 Å². The lowest BCUT2D eigenvalue weighted by atomic mass is 10.1. The zero-order valence-electron chi connectivity index (χ0n) is 11.9. The second kappa shape index (κ2) is 6.59. The van der Waals surface area contributed by atoms with Gasteiger partial charge in [-0.25, -0.2) is 4.98 Å². The van der Waals surface area contributed by atoms with Crippen molar-refractivity contribution in [1.82, 2.24) is 9.55 Å². The van der Waals surface area contributed by atoms with Gasteiger partial charge in [0.2, 0.25) is 0 Å². The van der Waals surface area contributed by atoms with Gasteiger partial charge in [-0.1, -0.05) is 46.3 Å².